The molecular formula is C20H21N3O2. The predicted octanol–water partition coefficient (Wildman–Crippen LogP) is 3.64. The van der Waals surface area contributed by atoms with E-state index in [0.29, 0.717) is 31.1 Å². The van der Waals surface area contributed by atoms with Gasteiger partial charge in [-0.3, -0.25) is 4.79 Å². The van der Waals surface area contributed by atoms with Crippen LogP contribution in [-0.2, 0) is 17.8 Å². The van der Waals surface area contributed by atoms with Crippen LogP contribution in [0, 0.1) is 6.92 Å². The minimum atomic E-state index is 0.0556. The molecule has 128 valence electrons. The summed E-state index contributed by atoms with van der Waals surface area (Å²) in [7, 11) is 1.81. The molecule has 25 heavy (non-hydrogen) atoms. The number of aromatic nitrogens is 2. The standard InChI is InChI=1S/C20H21N3O2/c1-15-8-10-16(11-9-15)14-23(2)19(24)13-12-18-21-20(22-25-18)17-6-4-3-5-7-17/h3-11H,12-14H2,1-2H3. The van der Waals surface area contributed by atoms with E-state index in [9.17, 15) is 4.79 Å². The molecule has 0 saturated heterocycles. The highest BCUT2D eigenvalue weighted by Crippen LogP contribution is 2.15. The normalized spacial score (nSPS) is 10.6. The van der Waals surface area contributed by atoms with Crippen LogP contribution in [0.15, 0.2) is 59.1 Å². The van der Waals surface area contributed by atoms with Crippen molar-refractivity contribution >= 4 is 5.91 Å². The van der Waals surface area contributed by atoms with Crippen LogP contribution < -0.4 is 0 Å². The van der Waals surface area contributed by atoms with Gasteiger partial charge >= 0.3 is 0 Å². The fraction of sp³-hybridized carbons (Fsp3) is 0.250. The number of aryl methyl sites for hydroxylation is 2. The summed E-state index contributed by atoms with van der Waals surface area (Å²) in [6, 6.07) is 17.8. The lowest BCUT2D eigenvalue weighted by atomic mass is 10.1. The molecule has 0 N–H and O–H groups in total. The zero-order chi connectivity index (χ0) is 17.6. The maximum atomic E-state index is 12.3. The predicted molar refractivity (Wildman–Crippen MR) is 95.7 cm³/mol. The summed E-state index contributed by atoms with van der Waals surface area (Å²) in [6.07, 6.45) is 0.787. The van der Waals surface area contributed by atoms with Gasteiger partial charge in [0.1, 0.15) is 0 Å². The van der Waals surface area contributed by atoms with Crippen molar-refractivity contribution in [2.24, 2.45) is 0 Å². The van der Waals surface area contributed by atoms with Gasteiger partial charge in [0.15, 0.2) is 0 Å². The third-order valence-corrected chi connectivity index (χ3v) is 4.02. The number of carbonyl (C=O) groups excluding carboxylic acids is 1. The van der Waals surface area contributed by atoms with Gasteiger partial charge in [-0.05, 0) is 12.5 Å². The van der Waals surface area contributed by atoms with Crippen LogP contribution >= 0.6 is 0 Å². The first-order valence-corrected chi connectivity index (χ1v) is 8.29. The van der Waals surface area contributed by atoms with Gasteiger partial charge in [0.05, 0.1) is 0 Å². The highest BCUT2D eigenvalue weighted by molar-refractivity contribution is 5.76. The Morgan fingerprint density at radius 2 is 1.80 bits per heavy atom. The average molecular weight is 335 g/mol. The Labute approximate surface area is 147 Å². The molecule has 0 saturated carbocycles. The summed E-state index contributed by atoms with van der Waals surface area (Å²) >= 11 is 0. The zero-order valence-electron chi connectivity index (χ0n) is 14.5. The van der Waals surface area contributed by atoms with Gasteiger partial charge < -0.3 is 9.42 Å². The smallest absolute Gasteiger partial charge is 0.227 e. The van der Waals surface area contributed by atoms with E-state index < -0.39 is 0 Å². The zero-order valence-corrected chi connectivity index (χ0v) is 14.5. The van der Waals surface area contributed by atoms with Gasteiger partial charge in [0.2, 0.25) is 17.6 Å². The molecule has 0 bridgehead atoms. The maximum absolute atomic E-state index is 12.3. The van der Waals surface area contributed by atoms with Gasteiger partial charge in [-0.2, -0.15) is 4.98 Å². The number of carbonyl (C=O) groups is 1. The van der Waals surface area contributed by atoms with Crippen LogP contribution in [0.4, 0.5) is 0 Å². The topological polar surface area (TPSA) is 59.2 Å². The second-order valence-electron chi connectivity index (χ2n) is 6.11. The Balaban J connectivity index is 1.53. The van der Waals surface area contributed by atoms with E-state index in [-0.39, 0.29) is 5.91 Å². The number of benzene rings is 2. The van der Waals surface area contributed by atoms with Crippen molar-refractivity contribution < 1.29 is 9.32 Å². The first-order chi connectivity index (χ1) is 12.1. The van der Waals surface area contributed by atoms with E-state index in [1.807, 2.05) is 56.4 Å². The lowest BCUT2D eigenvalue weighted by Gasteiger charge is -2.17. The monoisotopic (exact) mass is 335 g/mol. The van der Waals surface area contributed by atoms with Gasteiger partial charge in [-0.25, -0.2) is 0 Å². The molecule has 0 radical (unpaired) electrons. The Morgan fingerprint density at radius 3 is 2.52 bits per heavy atom. The molecule has 0 spiro atoms. The van der Waals surface area contributed by atoms with E-state index in [4.69, 9.17) is 4.52 Å². The summed E-state index contributed by atoms with van der Waals surface area (Å²) < 4.78 is 5.25. The molecule has 1 amide bonds. The number of amides is 1. The number of rotatable bonds is 6. The van der Waals surface area contributed by atoms with Crippen LogP contribution in [0.5, 0.6) is 0 Å². The van der Waals surface area contributed by atoms with Crippen LogP contribution in [0.1, 0.15) is 23.4 Å². The molecule has 2 aromatic carbocycles. The largest absolute Gasteiger partial charge is 0.341 e. The van der Waals surface area contributed by atoms with Crippen molar-refractivity contribution in [1.82, 2.24) is 15.0 Å². The lowest BCUT2D eigenvalue weighted by molar-refractivity contribution is -0.130. The van der Waals surface area contributed by atoms with E-state index in [0.717, 1.165) is 11.1 Å². The molecule has 0 fully saturated rings. The summed E-state index contributed by atoms with van der Waals surface area (Å²) in [4.78, 5) is 18.4. The van der Waals surface area contributed by atoms with Gasteiger partial charge in [0, 0.05) is 32.0 Å². The lowest BCUT2D eigenvalue weighted by Crippen LogP contribution is -2.26. The summed E-state index contributed by atoms with van der Waals surface area (Å²) in [5.74, 6) is 1.09. The third-order valence-electron chi connectivity index (χ3n) is 4.02. The van der Waals surface area contributed by atoms with E-state index in [2.05, 4.69) is 22.3 Å². The summed E-state index contributed by atoms with van der Waals surface area (Å²) in [5.41, 5.74) is 3.23. The fourth-order valence-corrected chi connectivity index (χ4v) is 2.52. The quantitative estimate of drug-likeness (QED) is 0.690. The molecule has 1 heterocycles. The molecule has 5 heteroatoms. The first kappa shape index (κ1) is 16.9. The van der Waals surface area contributed by atoms with Gasteiger partial charge in [-0.15, -0.1) is 0 Å². The van der Waals surface area contributed by atoms with Gasteiger partial charge in [-0.1, -0.05) is 65.3 Å². The summed E-state index contributed by atoms with van der Waals surface area (Å²) in [6.45, 7) is 2.64. The van der Waals surface area contributed by atoms with Crippen LogP contribution in [0.3, 0.4) is 0 Å². The van der Waals surface area contributed by atoms with Crippen LogP contribution in [0.2, 0.25) is 0 Å². The minimum Gasteiger partial charge on any atom is -0.341 e. The molecule has 0 atom stereocenters. The molecule has 3 rings (SSSR count). The van der Waals surface area contributed by atoms with Crippen molar-refractivity contribution in [2.75, 3.05) is 7.05 Å². The van der Waals surface area contributed by atoms with Crippen LogP contribution in [-0.4, -0.2) is 28.0 Å². The molecular weight excluding hydrogens is 314 g/mol. The molecule has 1 aromatic heterocycles. The summed E-state index contributed by atoms with van der Waals surface area (Å²) in [5, 5.41) is 3.97. The second kappa shape index (κ2) is 7.75. The molecule has 0 aliphatic carbocycles. The van der Waals surface area contributed by atoms with E-state index >= 15 is 0 Å². The van der Waals surface area contributed by atoms with Crippen molar-refractivity contribution in [3.05, 3.63) is 71.6 Å². The maximum Gasteiger partial charge on any atom is 0.227 e. The number of hydrogen-bond acceptors (Lipinski definition) is 4. The van der Waals surface area contributed by atoms with Crippen molar-refractivity contribution in [2.45, 2.75) is 26.3 Å². The Bertz CT molecular complexity index is 826. The van der Waals surface area contributed by atoms with E-state index in [1.54, 1.807) is 4.90 Å². The Morgan fingerprint density at radius 1 is 1.08 bits per heavy atom. The molecule has 0 aliphatic rings. The minimum absolute atomic E-state index is 0.0556. The van der Waals surface area contributed by atoms with E-state index in [1.165, 1.54) is 5.56 Å². The van der Waals surface area contributed by atoms with Crippen LogP contribution in [0.25, 0.3) is 11.4 Å². The highest BCUT2D eigenvalue weighted by atomic mass is 16.5. The number of hydrogen-bond donors (Lipinski definition) is 0. The fourth-order valence-electron chi connectivity index (χ4n) is 2.52. The number of nitrogens with zero attached hydrogens (tertiary/aromatic N) is 3. The first-order valence-electron chi connectivity index (χ1n) is 8.29. The SMILES string of the molecule is Cc1ccc(CN(C)C(=O)CCc2nc(-c3ccccc3)no2)cc1. The molecule has 0 unspecified atom stereocenters. The van der Waals surface area contributed by atoms with Crippen molar-refractivity contribution in [1.29, 1.82) is 0 Å². The Kier molecular flexibility index (Phi) is 5.23. The average Bonchev–Trinajstić information content (AvgIpc) is 3.11. The Hall–Kier alpha value is -2.95. The second-order valence-corrected chi connectivity index (χ2v) is 6.11. The third kappa shape index (κ3) is 4.53. The molecule has 0 aliphatic heterocycles. The van der Waals surface area contributed by atoms with Gasteiger partial charge in [0.25, 0.3) is 0 Å². The van der Waals surface area contributed by atoms with Crippen molar-refractivity contribution in [3.63, 3.8) is 0 Å². The van der Waals surface area contributed by atoms with Crippen molar-refractivity contribution in [3.8, 4) is 11.4 Å². The highest BCUT2D eigenvalue weighted by Gasteiger charge is 2.13. The molecule has 5 nitrogen and oxygen atoms in total. The molecule has 3 aromatic rings.